The molecule has 52 heavy (non-hydrogen) atoms. The summed E-state index contributed by atoms with van der Waals surface area (Å²) in [5.41, 5.74) is 14.3. The van der Waals surface area contributed by atoms with Crippen molar-refractivity contribution in [2.75, 3.05) is 0 Å². The van der Waals surface area contributed by atoms with Crippen LogP contribution in [0.1, 0.15) is 47.8 Å². The third-order valence-corrected chi connectivity index (χ3v) is 10.8. The number of rotatable bonds is 5. The molecular formula is C48H36N4. The smallest absolute Gasteiger partial charge is 0.159 e. The second kappa shape index (κ2) is 11.8. The maximum Gasteiger partial charge on any atom is 0.159 e. The molecule has 1 aliphatic carbocycles. The number of aliphatic imine (C=N–C) groups is 2. The topological polar surface area (TPSA) is 41.7 Å². The lowest BCUT2D eigenvalue weighted by atomic mass is 9.79. The highest BCUT2D eigenvalue weighted by molar-refractivity contribution is 6.14. The van der Waals surface area contributed by atoms with Gasteiger partial charge in [0.1, 0.15) is 12.0 Å². The summed E-state index contributed by atoms with van der Waals surface area (Å²) < 4.78 is 2.34. The number of nitrogens with zero attached hydrogens (tertiary/aromatic N) is 3. The van der Waals surface area contributed by atoms with E-state index >= 15 is 0 Å². The summed E-state index contributed by atoms with van der Waals surface area (Å²) in [6.07, 6.45) is -0.281. The predicted molar refractivity (Wildman–Crippen MR) is 216 cm³/mol. The number of hydrogen-bond acceptors (Lipinski definition) is 3. The second-order valence-electron chi connectivity index (χ2n) is 14.3. The molecule has 0 radical (unpaired) electrons. The lowest BCUT2D eigenvalue weighted by molar-refractivity contribution is 0.662. The van der Waals surface area contributed by atoms with Crippen molar-refractivity contribution in [2.45, 2.75) is 25.4 Å². The van der Waals surface area contributed by atoms with Crippen molar-refractivity contribution in [3.8, 4) is 27.9 Å². The molecule has 4 heteroatoms. The van der Waals surface area contributed by atoms with E-state index in [1.807, 2.05) is 6.07 Å². The third kappa shape index (κ3) is 4.75. The third-order valence-electron chi connectivity index (χ3n) is 10.8. The van der Waals surface area contributed by atoms with Gasteiger partial charge in [0.05, 0.1) is 11.0 Å². The quantitative estimate of drug-likeness (QED) is 0.195. The summed E-state index contributed by atoms with van der Waals surface area (Å²) in [5.74, 6) is 1.51. The lowest BCUT2D eigenvalue weighted by Gasteiger charge is -2.25. The Hall–Kier alpha value is -6.52. The first kappa shape index (κ1) is 30.3. The van der Waals surface area contributed by atoms with E-state index in [-0.39, 0.29) is 11.6 Å². The summed E-state index contributed by atoms with van der Waals surface area (Å²) in [5, 5.41) is 6.14. The van der Waals surface area contributed by atoms with Crippen molar-refractivity contribution in [2.24, 2.45) is 9.98 Å². The zero-order valence-corrected chi connectivity index (χ0v) is 29.1. The van der Waals surface area contributed by atoms with Gasteiger partial charge in [-0.25, -0.2) is 9.98 Å². The van der Waals surface area contributed by atoms with Crippen LogP contribution in [0.5, 0.6) is 0 Å². The molecule has 0 bridgehead atoms. The number of fused-ring (bicyclic) bond motifs is 6. The molecule has 2 heterocycles. The van der Waals surface area contributed by atoms with E-state index in [9.17, 15) is 0 Å². The molecule has 0 fully saturated rings. The normalized spacial score (nSPS) is 15.8. The Balaban J connectivity index is 1.06. The fourth-order valence-corrected chi connectivity index (χ4v) is 8.41. The van der Waals surface area contributed by atoms with Gasteiger partial charge < -0.3 is 9.88 Å². The predicted octanol–water partition coefficient (Wildman–Crippen LogP) is 11.3. The Morgan fingerprint density at radius 2 is 1.15 bits per heavy atom. The van der Waals surface area contributed by atoms with E-state index in [1.54, 1.807) is 0 Å². The molecule has 2 aliphatic rings. The van der Waals surface area contributed by atoms with Gasteiger partial charge in [0.15, 0.2) is 5.84 Å². The average molecular weight is 669 g/mol. The highest BCUT2D eigenvalue weighted by Gasteiger charge is 2.37. The summed E-state index contributed by atoms with van der Waals surface area (Å²) >= 11 is 0. The number of amidine groups is 2. The number of hydrogen-bond donors (Lipinski definition) is 1. The molecular weight excluding hydrogens is 633 g/mol. The maximum atomic E-state index is 5.20. The number of aromatic nitrogens is 1. The van der Waals surface area contributed by atoms with Crippen LogP contribution in [0.4, 0.5) is 0 Å². The van der Waals surface area contributed by atoms with E-state index in [0.717, 1.165) is 28.2 Å². The van der Waals surface area contributed by atoms with Crippen molar-refractivity contribution in [3.63, 3.8) is 0 Å². The molecule has 1 aromatic heterocycles. The molecule has 0 amide bonds. The molecule has 1 aliphatic heterocycles. The van der Waals surface area contributed by atoms with Crippen molar-refractivity contribution in [1.29, 1.82) is 0 Å². The van der Waals surface area contributed by atoms with Crippen LogP contribution in [0.3, 0.4) is 0 Å². The largest absolute Gasteiger partial charge is 0.344 e. The fourth-order valence-electron chi connectivity index (χ4n) is 8.41. The van der Waals surface area contributed by atoms with E-state index in [0.29, 0.717) is 5.84 Å². The Kier molecular flexibility index (Phi) is 6.87. The molecule has 0 spiro atoms. The monoisotopic (exact) mass is 668 g/mol. The zero-order valence-electron chi connectivity index (χ0n) is 29.1. The van der Waals surface area contributed by atoms with Crippen LogP contribution < -0.4 is 5.32 Å². The van der Waals surface area contributed by atoms with Crippen molar-refractivity contribution >= 4 is 33.5 Å². The highest BCUT2D eigenvalue weighted by Crippen LogP contribution is 2.52. The minimum absolute atomic E-state index is 0.0851. The molecule has 0 saturated heterocycles. The summed E-state index contributed by atoms with van der Waals surface area (Å²) in [4.78, 5) is 10.4. The van der Waals surface area contributed by atoms with Crippen LogP contribution in [0, 0.1) is 0 Å². The molecule has 7 aromatic carbocycles. The van der Waals surface area contributed by atoms with Gasteiger partial charge in [-0.3, -0.25) is 0 Å². The van der Waals surface area contributed by atoms with Crippen LogP contribution in [-0.4, -0.2) is 16.2 Å². The van der Waals surface area contributed by atoms with Gasteiger partial charge in [-0.2, -0.15) is 0 Å². The molecule has 8 aromatic rings. The van der Waals surface area contributed by atoms with Gasteiger partial charge >= 0.3 is 0 Å². The van der Waals surface area contributed by atoms with Crippen LogP contribution in [0.25, 0.3) is 49.7 Å². The number of para-hydroxylation sites is 2. The first-order valence-electron chi connectivity index (χ1n) is 18.0. The lowest BCUT2D eigenvalue weighted by Crippen LogP contribution is -2.33. The van der Waals surface area contributed by atoms with E-state index in [2.05, 4.69) is 188 Å². The SMILES string of the molecule is CC1(C)c2ccccc2-c2cccc(-c3ccc(C4=NC(c5cccc(-n6c7ccccc7c7ccccc76)c5)=NC(c5ccccc5)N4)cc3)c21. The van der Waals surface area contributed by atoms with E-state index in [1.165, 1.54) is 55.2 Å². The number of benzene rings is 7. The Bertz CT molecular complexity index is 2680. The van der Waals surface area contributed by atoms with Crippen molar-refractivity contribution in [3.05, 3.63) is 198 Å². The van der Waals surface area contributed by atoms with Crippen LogP contribution >= 0.6 is 0 Å². The van der Waals surface area contributed by atoms with Gasteiger partial charge in [0.2, 0.25) is 0 Å². The summed E-state index contributed by atoms with van der Waals surface area (Å²) in [7, 11) is 0. The molecule has 4 nitrogen and oxygen atoms in total. The first-order chi connectivity index (χ1) is 25.5. The molecule has 1 atom stereocenters. The molecule has 1 N–H and O–H groups in total. The van der Waals surface area contributed by atoms with E-state index < -0.39 is 0 Å². The molecule has 248 valence electrons. The first-order valence-corrected chi connectivity index (χ1v) is 18.0. The Labute approximate surface area is 303 Å². The Morgan fingerprint density at radius 1 is 0.538 bits per heavy atom. The average Bonchev–Trinajstić information content (AvgIpc) is 3.67. The fraction of sp³-hybridized carbons (Fsp3) is 0.0833. The Morgan fingerprint density at radius 3 is 1.92 bits per heavy atom. The second-order valence-corrected chi connectivity index (χ2v) is 14.3. The summed E-state index contributed by atoms with van der Waals surface area (Å²) in [6, 6.07) is 60.6. The van der Waals surface area contributed by atoms with Crippen LogP contribution in [0.15, 0.2) is 180 Å². The van der Waals surface area contributed by atoms with Crippen molar-refractivity contribution < 1.29 is 0 Å². The van der Waals surface area contributed by atoms with Gasteiger partial charge in [-0.15, -0.1) is 0 Å². The van der Waals surface area contributed by atoms with Gasteiger partial charge in [0, 0.05) is 33.0 Å². The van der Waals surface area contributed by atoms with Crippen LogP contribution in [0.2, 0.25) is 0 Å². The minimum Gasteiger partial charge on any atom is -0.344 e. The highest BCUT2D eigenvalue weighted by atomic mass is 15.2. The van der Waals surface area contributed by atoms with Crippen LogP contribution in [-0.2, 0) is 5.41 Å². The minimum atomic E-state index is -0.281. The maximum absolute atomic E-state index is 5.20. The van der Waals surface area contributed by atoms with Gasteiger partial charge in [-0.05, 0) is 63.2 Å². The number of nitrogens with one attached hydrogen (secondary N) is 1. The molecule has 10 rings (SSSR count). The summed E-state index contributed by atoms with van der Waals surface area (Å²) in [6.45, 7) is 4.69. The van der Waals surface area contributed by atoms with Gasteiger partial charge in [-0.1, -0.05) is 159 Å². The molecule has 0 saturated carbocycles. The van der Waals surface area contributed by atoms with Crippen molar-refractivity contribution in [1.82, 2.24) is 9.88 Å². The molecule has 1 unspecified atom stereocenters. The standard InChI is InChI=1S/C48H36N4/c1-48(2)41-23-9-6-18-37(41)40-22-13-21-36(44(40)48)31-26-28-33(29-27-31)46-49-45(32-14-4-3-5-15-32)50-47(51-46)34-16-12-17-35(30-34)52-42-24-10-7-19-38(42)39-20-8-11-25-43(39)52/h3-30,45H,1-2H3,(H,49,50,51). The van der Waals surface area contributed by atoms with Gasteiger partial charge in [0.25, 0.3) is 0 Å². The zero-order chi connectivity index (χ0) is 34.8. The van der Waals surface area contributed by atoms with E-state index in [4.69, 9.17) is 9.98 Å².